The Labute approximate surface area is 254 Å². The number of pyridine rings is 1. The zero-order valence-electron chi connectivity index (χ0n) is 23.4. The van der Waals surface area contributed by atoms with Crippen molar-refractivity contribution in [2.24, 2.45) is 5.10 Å². The second-order valence-electron chi connectivity index (χ2n) is 9.35. The van der Waals surface area contributed by atoms with E-state index in [1.807, 2.05) is 55.5 Å². The zero-order valence-corrected chi connectivity index (χ0v) is 24.9. The third-order valence-corrected chi connectivity index (χ3v) is 7.06. The van der Waals surface area contributed by atoms with Gasteiger partial charge in [0.15, 0.2) is 12.1 Å². The molecule has 0 bridgehead atoms. The van der Waals surface area contributed by atoms with E-state index in [2.05, 4.69) is 15.4 Å². The smallest absolute Gasteiger partial charge is 0.342 e. The van der Waals surface area contributed by atoms with Crippen LogP contribution < -0.4 is 10.3 Å². The molecule has 0 radical (unpaired) electrons. The van der Waals surface area contributed by atoms with E-state index in [1.54, 1.807) is 36.5 Å². The number of benzene rings is 3. The standard InChI is InChI=1S/C32H30Cl2N4O4/c1-21-15-26(38(32(40)36-20-30(41-2)42-3)37-18-23-7-5-4-6-8-23)17-28(33)27(21)16-22-9-11-24(12-10-22)31(39)25-13-14-29(34)35-19-25/h4-15,17-19,30H,16,20H2,1-3H3,(H,36,40)/b37-18+. The SMILES string of the molecule is COC(CNC(=O)N(/N=C/c1ccccc1)c1cc(C)c(Cc2ccc(C(=O)c3ccc(Cl)nc3)cc2)c(Cl)c1)OC. The molecule has 0 unspecified atom stereocenters. The van der Waals surface area contributed by atoms with E-state index >= 15 is 0 Å². The Bertz CT molecular complexity index is 1520. The van der Waals surface area contributed by atoms with Gasteiger partial charge in [0.05, 0.1) is 18.4 Å². The molecule has 42 heavy (non-hydrogen) atoms. The van der Waals surface area contributed by atoms with Crippen LogP contribution in [-0.2, 0) is 15.9 Å². The lowest BCUT2D eigenvalue weighted by atomic mass is 9.97. The number of aromatic nitrogens is 1. The maximum absolute atomic E-state index is 13.2. The molecule has 2 amide bonds. The monoisotopic (exact) mass is 604 g/mol. The van der Waals surface area contributed by atoms with Gasteiger partial charge in [0.25, 0.3) is 0 Å². The number of nitrogens with zero attached hydrogens (tertiary/aromatic N) is 3. The number of anilines is 1. The summed E-state index contributed by atoms with van der Waals surface area (Å²) in [5.74, 6) is -0.138. The number of hydrogen-bond acceptors (Lipinski definition) is 6. The average molecular weight is 606 g/mol. The van der Waals surface area contributed by atoms with Crippen LogP contribution in [-0.4, -0.2) is 50.1 Å². The predicted molar refractivity (Wildman–Crippen MR) is 166 cm³/mol. The van der Waals surface area contributed by atoms with E-state index in [4.69, 9.17) is 32.7 Å². The van der Waals surface area contributed by atoms with Crippen molar-refractivity contribution in [2.75, 3.05) is 25.8 Å². The summed E-state index contributed by atoms with van der Waals surface area (Å²) in [5.41, 5.74) is 5.08. The van der Waals surface area contributed by atoms with Crippen LogP contribution in [0.3, 0.4) is 0 Å². The molecule has 4 aromatic rings. The summed E-state index contributed by atoms with van der Waals surface area (Å²) >= 11 is 12.6. The molecule has 0 aliphatic rings. The highest BCUT2D eigenvalue weighted by atomic mass is 35.5. The molecule has 1 aromatic heterocycles. The predicted octanol–water partition coefficient (Wildman–Crippen LogP) is 6.69. The highest BCUT2D eigenvalue weighted by Gasteiger charge is 2.19. The number of rotatable bonds is 11. The fourth-order valence-corrected chi connectivity index (χ4v) is 4.60. The van der Waals surface area contributed by atoms with E-state index in [0.717, 1.165) is 22.3 Å². The van der Waals surface area contributed by atoms with E-state index in [0.29, 0.717) is 33.4 Å². The molecule has 0 fully saturated rings. The number of urea groups is 1. The largest absolute Gasteiger partial charge is 0.354 e. The van der Waals surface area contributed by atoms with Gasteiger partial charge in [-0.2, -0.15) is 10.1 Å². The first-order valence-corrected chi connectivity index (χ1v) is 13.8. The Morgan fingerprint density at radius 1 is 0.976 bits per heavy atom. The molecule has 10 heteroatoms. The van der Waals surface area contributed by atoms with E-state index in [1.165, 1.54) is 25.4 Å². The van der Waals surface area contributed by atoms with Crippen molar-refractivity contribution in [3.8, 4) is 0 Å². The van der Waals surface area contributed by atoms with Crippen LogP contribution in [0.1, 0.15) is 38.2 Å². The van der Waals surface area contributed by atoms with E-state index in [-0.39, 0.29) is 12.3 Å². The molecule has 0 saturated heterocycles. The normalized spacial score (nSPS) is 11.2. The van der Waals surface area contributed by atoms with Gasteiger partial charge >= 0.3 is 6.03 Å². The number of hydrogen-bond donors (Lipinski definition) is 1. The molecule has 0 spiro atoms. The van der Waals surface area contributed by atoms with Crippen molar-refractivity contribution in [1.29, 1.82) is 0 Å². The summed E-state index contributed by atoms with van der Waals surface area (Å²) in [6.07, 6.45) is 2.99. The van der Waals surface area contributed by atoms with Crippen molar-refractivity contribution in [3.63, 3.8) is 0 Å². The van der Waals surface area contributed by atoms with Gasteiger partial charge in [-0.15, -0.1) is 0 Å². The Morgan fingerprint density at radius 2 is 1.67 bits per heavy atom. The lowest BCUT2D eigenvalue weighted by molar-refractivity contribution is -0.0970. The topological polar surface area (TPSA) is 93.1 Å². The third kappa shape index (κ3) is 8.02. The summed E-state index contributed by atoms with van der Waals surface area (Å²) in [4.78, 5) is 30.0. The molecule has 1 N–H and O–H groups in total. The van der Waals surface area contributed by atoms with Crippen LogP contribution in [0.25, 0.3) is 0 Å². The number of aryl methyl sites for hydroxylation is 1. The fraction of sp³-hybridized carbons (Fsp3) is 0.188. The molecule has 8 nitrogen and oxygen atoms in total. The van der Waals surface area contributed by atoms with Crippen molar-refractivity contribution < 1.29 is 19.1 Å². The van der Waals surface area contributed by atoms with Crippen LogP contribution in [0.4, 0.5) is 10.5 Å². The molecular formula is C32H30Cl2N4O4. The van der Waals surface area contributed by atoms with Crippen LogP contribution in [0, 0.1) is 6.92 Å². The Kier molecular flexibility index (Phi) is 10.8. The number of hydrazone groups is 1. The third-order valence-electron chi connectivity index (χ3n) is 6.49. The summed E-state index contributed by atoms with van der Waals surface area (Å²) < 4.78 is 10.4. The summed E-state index contributed by atoms with van der Waals surface area (Å²) in [6.45, 7) is 2.06. The Hall–Kier alpha value is -4.08. The van der Waals surface area contributed by atoms with Crippen molar-refractivity contribution in [3.05, 3.63) is 129 Å². The maximum Gasteiger partial charge on any atom is 0.342 e. The van der Waals surface area contributed by atoms with Gasteiger partial charge in [-0.3, -0.25) is 4.79 Å². The molecule has 1 heterocycles. The van der Waals surface area contributed by atoms with Gasteiger partial charge in [0.2, 0.25) is 0 Å². The van der Waals surface area contributed by atoms with Crippen LogP contribution in [0.15, 0.2) is 90.2 Å². The minimum atomic E-state index is -0.605. The first-order valence-electron chi connectivity index (χ1n) is 13.1. The molecule has 0 aliphatic heterocycles. The number of nitrogens with one attached hydrogen (secondary N) is 1. The van der Waals surface area contributed by atoms with Crippen molar-refractivity contribution in [1.82, 2.24) is 10.3 Å². The van der Waals surface area contributed by atoms with E-state index in [9.17, 15) is 9.59 Å². The van der Waals surface area contributed by atoms with Crippen LogP contribution >= 0.6 is 23.2 Å². The second kappa shape index (κ2) is 14.7. The lowest BCUT2D eigenvalue weighted by Crippen LogP contribution is -2.41. The van der Waals surface area contributed by atoms with Gasteiger partial charge in [0.1, 0.15) is 5.15 Å². The number of methoxy groups -OCH3 is 2. The highest BCUT2D eigenvalue weighted by molar-refractivity contribution is 6.32. The van der Waals surface area contributed by atoms with Crippen molar-refractivity contribution >= 4 is 46.9 Å². The molecule has 0 saturated carbocycles. The number of ether oxygens (including phenoxy) is 2. The molecule has 216 valence electrons. The van der Waals surface area contributed by atoms with Gasteiger partial charge < -0.3 is 14.8 Å². The molecule has 0 aliphatic carbocycles. The Morgan fingerprint density at radius 3 is 2.29 bits per heavy atom. The Balaban J connectivity index is 1.55. The average Bonchev–Trinajstić information content (AvgIpc) is 3.00. The summed E-state index contributed by atoms with van der Waals surface area (Å²) in [7, 11) is 2.99. The van der Waals surface area contributed by atoms with Gasteiger partial charge in [-0.1, -0.05) is 77.8 Å². The number of carbonyl (C=O) groups is 2. The number of amides is 2. The van der Waals surface area contributed by atoms with E-state index < -0.39 is 12.3 Å². The van der Waals surface area contributed by atoms with Crippen molar-refractivity contribution in [2.45, 2.75) is 19.6 Å². The lowest BCUT2D eigenvalue weighted by Gasteiger charge is -2.22. The molecule has 3 aromatic carbocycles. The number of halogens is 2. The highest BCUT2D eigenvalue weighted by Crippen LogP contribution is 2.30. The minimum absolute atomic E-state index is 0.126. The van der Waals surface area contributed by atoms with Crippen LogP contribution in [0.5, 0.6) is 0 Å². The quantitative estimate of drug-likeness (QED) is 0.0677. The second-order valence-corrected chi connectivity index (χ2v) is 10.1. The fourth-order valence-electron chi connectivity index (χ4n) is 4.17. The maximum atomic E-state index is 13.2. The first kappa shape index (κ1) is 30.9. The van der Waals surface area contributed by atoms with Gasteiger partial charge in [-0.05, 0) is 59.9 Å². The number of ketones is 1. The minimum Gasteiger partial charge on any atom is -0.354 e. The molecular weight excluding hydrogens is 575 g/mol. The van der Waals surface area contributed by atoms with Gasteiger partial charge in [-0.25, -0.2) is 9.78 Å². The van der Waals surface area contributed by atoms with Crippen LogP contribution in [0.2, 0.25) is 10.2 Å². The number of carbonyl (C=O) groups excluding carboxylic acids is 2. The summed E-state index contributed by atoms with van der Waals surface area (Å²) in [5, 5.41) is 9.31. The molecule has 4 rings (SSSR count). The zero-order chi connectivity index (χ0) is 30.1. The molecule has 0 atom stereocenters. The summed E-state index contributed by atoms with van der Waals surface area (Å²) in [6, 6.07) is 23.1. The first-order chi connectivity index (χ1) is 20.3. The van der Waals surface area contributed by atoms with Gasteiger partial charge in [0, 0.05) is 36.6 Å².